The lowest BCUT2D eigenvalue weighted by Crippen LogP contribution is -2.22. The second-order valence-electron chi connectivity index (χ2n) is 7.26. The molecule has 0 spiro atoms. The third-order valence-electron chi connectivity index (χ3n) is 5.77. The SMILES string of the molecule is CCc1ccc(-c2c(C)noc2C)cc1C1=C(O)[C@H]2CC[C@H](C2)C1=O. The van der Waals surface area contributed by atoms with Crippen LogP contribution in [0.5, 0.6) is 0 Å². The van der Waals surface area contributed by atoms with Crippen molar-refractivity contribution >= 4 is 11.4 Å². The second kappa shape index (κ2) is 5.87. The number of fused-ring (bicyclic) bond motifs is 2. The van der Waals surface area contributed by atoms with Crippen molar-refractivity contribution in [3.8, 4) is 11.1 Å². The van der Waals surface area contributed by atoms with Crippen LogP contribution in [0.3, 0.4) is 0 Å². The zero-order valence-corrected chi connectivity index (χ0v) is 14.9. The number of aliphatic hydroxyl groups is 1. The zero-order valence-electron chi connectivity index (χ0n) is 14.9. The minimum Gasteiger partial charge on any atom is -0.511 e. The molecule has 1 aromatic heterocycles. The Labute approximate surface area is 147 Å². The largest absolute Gasteiger partial charge is 0.511 e. The van der Waals surface area contributed by atoms with Crippen LogP contribution in [0, 0.1) is 25.7 Å². The Kier molecular flexibility index (Phi) is 3.78. The molecule has 0 saturated heterocycles. The number of carbonyl (C=O) groups excluding carboxylic acids is 1. The Morgan fingerprint density at radius 1 is 1.24 bits per heavy atom. The summed E-state index contributed by atoms with van der Waals surface area (Å²) >= 11 is 0. The van der Waals surface area contributed by atoms with Gasteiger partial charge in [0.1, 0.15) is 11.5 Å². The molecule has 4 heteroatoms. The predicted octanol–water partition coefficient (Wildman–Crippen LogP) is 4.79. The first-order valence-corrected chi connectivity index (χ1v) is 9.05. The zero-order chi connectivity index (χ0) is 17.7. The lowest BCUT2D eigenvalue weighted by molar-refractivity contribution is -0.117. The van der Waals surface area contributed by atoms with Gasteiger partial charge in [-0.3, -0.25) is 4.79 Å². The molecule has 2 atom stereocenters. The van der Waals surface area contributed by atoms with Crippen molar-refractivity contribution in [2.24, 2.45) is 11.8 Å². The number of rotatable bonds is 3. The molecule has 1 aromatic carbocycles. The molecule has 25 heavy (non-hydrogen) atoms. The summed E-state index contributed by atoms with van der Waals surface area (Å²) < 4.78 is 5.30. The fourth-order valence-electron chi connectivity index (χ4n) is 4.44. The molecule has 1 heterocycles. The summed E-state index contributed by atoms with van der Waals surface area (Å²) in [5, 5.41) is 14.8. The van der Waals surface area contributed by atoms with Crippen LogP contribution in [0.1, 0.15) is 48.8 Å². The van der Waals surface area contributed by atoms with Gasteiger partial charge < -0.3 is 9.63 Å². The molecule has 4 nitrogen and oxygen atoms in total. The number of ketones is 1. The summed E-state index contributed by atoms with van der Waals surface area (Å²) in [7, 11) is 0. The van der Waals surface area contributed by atoms with E-state index in [-0.39, 0.29) is 17.6 Å². The Balaban J connectivity index is 1.91. The Bertz CT molecular complexity index is 871. The molecule has 0 radical (unpaired) electrons. The standard InChI is InChI=1S/C21H23NO3/c1-4-13-5-6-14(18-11(2)22-25-12(18)3)10-17(13)19-20(23)15-7-8-16(9-15)21(19)24/h5-6,10,15-16,23H,4,7-9H2,1-3H3/t15-,16+/m0/s1. The van der Waals surface area contributed by atoms with Crippen LogP contribution >= 0.6 is 0 Å². The molecule has 1 fully saturated rings. The molecular formula is C21H23NO3. The minimum absolute atomic E-state index is 0.0725. The average molecular weight is 337 g/mol. The quantitative estimate of drug-likeness (QED) is 0.874. The molecule has 0 amide bonds. The van der Waals surface area contributed by atoms with Gasteiger partial charge in [0.15, 0.2) is 5.78 Å². The highest BCUT2D eigenvalue weighted by molar-refractivity contribution is 6.23. The van der Waals surface area contributed by atoms with Gasteiger partial charge in [-0.1, -0.05) is 24.2 Å². The van der Waals surface area contributed by atoms with Gasteiger partial charge in [0, 0.05) is 17.4 Å². The number of allylic oxidation sites excluding steroid dienone is 2. The lowest BCUT2D eigenvalue weighted by atomic mass is 9.81. The molecule has 1 saturated carbocycles. The van der Waals surface area contributed by atoms with Crippen LogP contribution in [-0.2, 0) is 11.2 Å². The average Bonchev–Trinajstić information content (AvgIpc) is 3.19. The highest BCUT2D eigenvalue weighted by Crippen LogP contribution is 2.46. The van der Waals surface area contributed by atoms with Gasteiger partial charge >= 0.3 is 0 Å². The van der Waals surface area contributed by atoms with Gasteiger partial charge in [-0.15, -0.1) is 0 Å². The number of hydrogen-bond acceptors (Lipinski definition) is 4. The van der Waals surface area contributed by atoms with Crippen LogP contribution in [0.15, 0.2) is 28.5 Å². The number of aliphatic hydroxyl groups excluding tert-OH is 1. The summed E-state index contributed by atoms with van der Waals surface area (Å²) in [6, 6.07) is 6.13. The topological polar surface area (TPSA) is 63.3 Å². The summed E-state index contributed by atoms with van der Waals surface area (Å²) in [5.41, 5.74) is 5.29. The first-order chi connectivity index (χ1) is 12.0. The third kappa shape index (κ3) is 2.43. The molecule has 130 valence electrons. The van der Waals surface area contributed by atoms with Crippen LogP contribution in [0.2, 0.25) is 0 Å². The lowest BCUT2D eigenvalue weighted by Gasteiger charge is -2.23. The van der Waals surface area contributed by atoms with E-state index in [1.165, 1.54) is 0 Å². The van der Waals surface area contributed by atoms with Crippen LogP contribution < -0.4 is 0 Å². The van der Waals surface area contributed by atoms with Crippen LogP contribution in [-0.4, -0.2) is 16.0 Å². The van der Waals surface area contributed by atoms with Gasteiger partial charge in [0.05, 0.1) is 11.3 Å². The van der Waals surface area contributed by atoms with Gasteiger partial charge in [-0.2, -0.15) is 0 Å². The molecular weight excluding hydrogens is 314 g/mol. The van der Waals surface area contributed by atoms with E-state index in [0.717, 1.165) is 59.4 Å². The molecule has 1 N–H and O–H groups in total. The second-order valence-corrected chi connectivity index (χ2v) is 7.26. The first kappa shape index (κ1) is 16.1. The van der Waals surface area contributed by atoms with Crippen molar-refractivity contribution in [3.05, 3.63) is 46.5 Å². The summed E-state index contributed by atoms with van der Waals surface area (Å²) in [6.07, 6.45) is 3.43. The number of hydrogen-bond donors (Lipinski definition) is 1. The number of aromatic nitrogens is 1. The number of benzene rings is 1. The highest BCUT2D eigenvalue weighted by Gasteiger charge is 2.41. The summed E-state index contributed by atoms with van der Waals surface area (Å²) in [6.45, 7) is 5.89. The normalized spacial score (nSPS) is 22.8. The summed E-state index contributed by atoms with van der Waals surface area (Å²) in [5.74, 6) is 1.38. The van der Waals surface area contributed by atoms with Crippen molar-refractivity contribution in [2.45, 2.75) is 46.5 Å². The fourth-order valence-corrected chi connectivity index (χ4v) is 4.44. The predicted molar refractivity (Wildman–Crippen MR) is 96.2 cm³/mol. The van der Waals surface area contributed by atoms with Gasteiger partial charge in [-0.05, 0) is 62.3 Å². The van der Waals surface area contributed by atoms with Gasteiger partial charge in [0.2, 0.25) is 0 Å². The maximum atomic E-state index is 12.9. The molecule has 0 aliphatic heterocycles. The number of nitrogens with zero attached hydrogens (tertiary/aromatic N) is 1. The van der Waals surface area contributed by atoms with Crippen LogP contribution in [0.25, 0.3) is 16.7 Å². The van der Waals surface area contributed by atoms with E-state index in [9.17, 15) is 9.90 Å². The summed E-state index contributed by atoms with van der Waals surface area (Å²) in [4.78, 5) is 12.9. The molecule has 0 unspecified atom stereocenters. The van der Waals surface area contributed by atoms with E-state index in [1.807, 2.05) is 26.0 Å². The Morgan fingerprint density at radius 2 is 2.00 bits per heavy atom. The van der Waals surface area contributed by atoms with E-state index < -0.39 is 0 Å². The molecule has 2 aliphatic carbocycles. The Morgan fingerprint density at radius 3 is 2.68 bits per heavy atom. The number of carbonyl (C=O) groups is 1. The Hall–Kier alpha value is -2.36. The monoisotopic (exact) mass is 337 g/mol. The van der Waals surface area contributed by atoms with Gasteiger partial charge in [-0.25, -0.2) is 0 Å². The van der Waals surface area contributed by atoms with E-state index in [0.29, 0.717) is 11.3 Å². The molecule has 4 rings (SSSR count). The first-order valence-electron chi connectivity index (χ1n) is 9.05. The van der Waals surface area contributed by atoms with Crippen molar-refractivity contribution < 1.29 is 14.4 Å². The van der Waals surface area contributed by atoms with Crippen molar-refractivity contribution in [1.82, 2.24) is 5.16 Å². The molecule has 2 bridgehead atoms. The minimum atomic E-state index is 0.0725. The fraction of sp³-hybridized carbons (Fsp3) is 0.429. The van der Waals surface area contributed by atoms with Crippen molar-refractivity contribution in [2.75, 3.05) is 0 Å². The maximum Gasteiger partial charge on any atom is 0.169 e. The third-order valence-corrected chi connectivity index (χ3v) is 5.77. The van der Waals surface area contributed by atoms with E-state index in [4.69, 9.17) is 4.52 Å². The number of Topliss-reactive ketones (excluding diaryl/α,β-unsaturated/α-hetero) is 1. The van der Waals surface area contributed by atoms with Crippen LogP contribution in [0.4, 0.5) is 0 Å². The van der Waals surface area contributed by atoms with Crippen molar-refractivity contribution in [1.29, 1.82) is 0 Å². The van der Waals surface area contributed by atoms with Gasteiger partial charge in [0.25, 0.3) is 0 Å². The number of aryl methyl sites for hydroxylation is 3. The molecule has 2 aliphatic rings. The smallest absolute Gasteiger partial charge is 0.169 e. The van der Waals surface area contributed by atoms with E-state index >= 15 is 0 Å². The highest BCUT2D eigenvalue weighted by atomic mass is 16.5. The van der Waals surface area contributed by atoms with E-state index in [2.05, 4.69) is 18.1 Å². The van der Waals surface area contributed by atoms with Crippen molar-refractivity contribution in [3.63, 3.8) is 0 Å². The molecule has 2 aromatic rings. The maximum absolute atomic E-state index is 12.9. The van der Waals surface area contributed by atoms with E-state index in [1.54, 1.807) is 0 Å².